The fourth-order valence-corrected chi connectivity index (χ4v) is 6.08. The van der Waals surface area contributed by atoms with Gasteiger partial charge in [0.05, 0.1) is 0 Å². The van der Waals surface area contributed by atoms with Crippen molar-refractivity contribution in [1.29, 1.82) is 0 Å². The Morgan fingerprint density at radius 1 is 0.762 bits per heavy atom. The number of aliphatic imine (C=N–C) groups is 1. The van der Waals surface area contributed by atoms with Gasteiger partial charge in [-0.2, -0.15) is 0 Å². The molecule has 1 unspecified atom stereocenters. The topological polar surface area (TPSA) is 65.0 Å². The third kappa shape index (κ3) is 5.82. The maximum absolute atomic E-state index is 14.0. The number of rotatable bonds is 8. The molecule has 6 rings (SSSR count). The first-order chi connectivity index (χ1) is 20.6. The van der Waals surface area contributed by atoms with Gasteiger partial charge >= 0.3 is 5.97 Å². The molecule has 0 amide bonds. The van der Waals surface area contributed by atoms with Crippen LogP contribution >= 0.6 is 0 Å². The van der Waals surface area contributed by atoms with Crippen molar-refractivity contribution in [3.63, 3.8) is 0 Å². The number of carbonyl (C=O) groups excluding carboxylic acids is 2. The fourth-order valence-electron chi connectivity index (χ4n) is 6.08. The van der Waals surface area contributed by atoms with Gasteiger partial charge in [-0.3, -0.25) is 14.6 Å². The van der Waals surface area contributed by atoms with Crippen molar-refractivity contribution in [3.05, 3.63) is 149 Å². The number of hydrogen-bond acceptors (Lipinski definition) is 5. The van der Waals surface area contributed by atoms with Crippen LogP contribution in [0.1, 0.15) is 53.9 Å². The van der Waals surface area contributed by atoms with Crippen molar-refractivity contribution in [3.8, 4) is 5.75 Å². The van der Waals surface area contributed by atoms with E-state index < -0.39 is 17.8 Å². The molecule has 0 saturated carbocycles. The summed E-state index contributed by atoms with van der Waals surface area (Å²) in [7, 11) is 0. The number of ether oxygens (including phenoxy) is 2. The summed E-state index contributed by atoms with van der Waals surface area (Å²) in [6.07, 6.45) is 1.00. The monoisotopic (exact) mass is 555 g/mol. The second-order valence-electron chi connectivity index (χ2n) is 10.9. The summed E-state index contributed by atoms with van der Waals surface area (Å²) in [4.78, 5) is 32.8. The third-order valence-electron chi connectivity index (χ3n) is 8.13. The first kappa shape index (κ1) is 27.4. The molecule has 1 aliphatic heterocycles. The zero-order valence-corrected chi connectivity index (χ0v) is 23.6. The molecule has 5 heteroatoms. The van der Waals surface area contributed by atoms with Crippen LogP contribution in [0, 0.1) is 5.92 Å². The van der Waals surface area contributed by atoms with E-state index in [0.29, 0.717) is 36.5 Å². The SMILES string of the molecule is CC1=NC2=C(C(=O)C[C@@H](c3ccccc3)C2)[C@H](c2ccccc2OCc2ccccc2)C1C(=O)OCc1ccccc1. The fraction of sp³-hybridized carbons (Fsp3) is 0.216. The second kappa shape index (κ2) is 12.4. The number of benzene rings is 4. The standard InChI is InChI=1S/C37H33NO4/c1-25-34(37(40)42-24-27-15-7-3-8-16-27)35(30-19-11-12-20-33(30)41-23-26-13-5-2-6-14-26)36-31(38-25)21-29(22-32(36)39)28-17-9-4-10-18-28/h2-20,29,34-35H,21-24H2,1H3/t29-,34?,35+/m0/s1. The summed E-state index contributed by atoms with van der Waals surface area (Å²) in [5.41, 5.74) is 5.86. The number of carbonyl (C=O) groups is 2. The maximum Gasteiger partial charge on any atom is 0.315 e. The molecule has 3 atom stereocenters. The Morgan fingerprint density at radius 2 is 1.36 bits per heavy atom. The average Bonchev–Trinajstić information content (AvgIpc) is 3.03. The highest BCUT2D eigenvalue weighted by atomic mass is 16.5. The summed E-state index contributed by atoms with van der Waals surface area (Å²) in [5.74, 6) is -0.992. The van der Waals surface area contributed by atoms with Crippen LogP contribution in [0.15, 0.2) is 132 Å². The van der Waals surface area contributed by atoms with Crippen LogP contribution in [-0.2, 0) is 27.5 Å². The van der Waals surface area contributed by atoms with Crippen molar-refractivity contribution in [2.45, 2.75) is 44.8 Å². The first-order valence-electron chi connectivity index (χ1n) is 14.4. The van der Waals surface area contributed by atoms with Crippen LogP contribution in [0.25, 0.3) is 0 Å². The molecule has 210 valence electrons. The Kier molecular flexibility index (Phi) is 8.09. The molecule has 0 radical (unpaired) electrons. The molecule has 1 aliphatic carbocycles. The van der Waals surface area contributed by atoms with E-state index in [1.54, 1.807) is 0 Å². The minimum Gasteiger partial charge on any atom is -0.489 e. The quantitative estimate of drug-likeness (QED) is 0.210. The number of esters is 1. The van der Waals surface area contributed by atoms with Gasteiger partial charge in [-0.05, 0) is 42.0 Å². The molecule has 0 aromatic heterocycles. The lowest BCUT2D eigenvalue weighted by Crippen LogP contribution is -2.38. The van der Waals surface area contributed by atoms with Crippen LogP contribution in [-0.4, -0.2) is 17.5 Å². The molecule has 42 heavy (non-hydrogen) atoms. The van der Waals surface area contributed by atoms with Gasteiger partial charge in [0.25, 0.3) is 0 Å². The van der Waals surface area contributed by atoms with E-state index in [-0.39, 0.29) is 18.3 Å². The van der Waals surface area contributed by atoms with Crippen molar-refractivity contribution < 1.29 is 19.1 Å². The lowest BCUT2D eigenvalue weighted by atomic mass is 9.69. The molecular formula is C37H33NO4. The highest BCUT2D eigenvalue weighted by Gasteiger charge is 2.45. The summed E-state index contributed by atoms with van der Waals surface area (Å²) in [6.45, 7) is 2.39. The van der Waals surface area contributed by atoms with E-state index in [0.717, 1.165) is 28.0 Å². The summed E-state index contributed by atoms with van der Waals surface area (Å²) in [6, 6.07) is 37.4. The van der Waals surface area contributed by atoms with Gasteiger partial charge in [0.15, 0.2) is 5.78 Å². The van der Waals surface area contributed by atoms with Gasteiger partial charge in [0.2, 0.25) is 0 Å². The number of para-hydroxylation sites is 1. The van der Waals surface area contributed by atoms with Crippen LogP contribution in [0.4, 0.5) is 0 Å². The van der Waals surface area contributed by atoms with Crippen molar-refractivity contribution >= 4 is 17.5 Å². The number of ketones is 1. The van der Waals surface area contributed by atoms with Gasteiger partial charge in [0.1, 0.15) is 24.9 Å². The van der Waals surface area contributed by atoms with E-state index in [2.05, 4.69) is 12.1 Å². The number of hydrogen-bond donors (Lipinski definition) is 0. The van der Waals surface area contributed by atoms with E-state index in [1.807, 2.05) is 110 Å². The number of Topliss-reactive ketones (excluding diaryl/α,β-unsaturated/α-hetero) is 1. The van der Waals surface area contributed by atoms with Gasteiger partial charge in [0, 0.05) is 34.9 Å². The van der Waals surface area contributed by atoms with E-state index in [4.69, 9.17) is 14.5 Å². The van der Waals surface area contributed by atoms with E-state index >= 15 is 0 Å². The minimum absolute atomic E-state index is 0.0186. The first-order valence-corrected chi connectivity index (χ1v) is 14.4. The normalized spacial score (nSPS) is 20.0. The molecule has 0 bridgehead atoms. The molecule has 4 aromatic rings. The van der Waals surface area contributed by atoms with Gasteiger partial charge < -0.3 is 9.47 Å². The largest absolute Gasteiger partial charge is 0.489 e. The molecule has 0 spiro atoms. The van der Waals surface area contributed by atoms with Crippen LogP contribution < -0.4 is 4.74 Å². The predicted octanol–water partition coefficient (Wildman–Crippen LogP) is 7.58. The van der Waals surface area contributed by atoms with Gasteiger partial charge in [-0.1, -0.05) is 109 Å². The average molecular weight is 556 g/mol. The molecule has 0 fully saturated rings. The second-order valence-corrected chi connectivity index (χ2v) is 10.9. The third-order valence-corrected chi connectivity index (χ3v) is 8.13. The summed E-state index contributed by atoms with van der Waals surface area (Å²) in [5, 5.41) is 0. The van der Waals surface area contributed by atoms with Crippen LogP contribution in [0.2, 0.25) is 0 Å². The Morgan fingerprint density at radius 3 is 2.05 bits per heavy atom. The Bertz CT molecular complexity index is 1630. The molecule has 5 nitrogen and oxygen atoms in total. The molecule has 0 N–H and O–H groups in total. The summed E-state index contributed by atoms with van der Waals surface area (Å²) < 4.78 is 12.2. The Labute approximate surface area is 246 Å². The van der Waals surface area contributed by atoms with Crippen LogP contribution in [0.3, 0.4) is 0 Å². The maximum atomic E-state index is 14.0. The summed E-state index contributed by atoms with van der Waals surface area (Å²) >= 11 is 0. The zero-order chi connectivity index (χ0) is 28.9. The zero-order valence-electron chi connectivity index (χ0n) is 23.6. The highest BCUT2D eigenvalue weighted by molar-refractivity contribution is 6.09. The lowest BCUT2D eigenvalue weighted by Gasteiger charge is -2.37. The van der Waals surface area contributed by atoms with Crippen molar-refractivity contribution in [2.75, 3.05) is 0 Å². The molecule has 0 saturated heterocycles. The number of nitrogens with zero attached hydrogens (tertiary/aromatic N) is 1. The van der Waals surface area contributed by atoms with Crippen molar-refractivity contribution in [2.24, 2.45) is 10.9 Å². The molecule has 4 aromatic carbocycles. The highest BCUT2D eigenvalue weighted by Crippen LogP contribution is 2.48. The minimum atomic E-state index is -0.744. The Hall–Kier alpha value is -4.77. The Balaban J connectivity index is 1.38. The van der Waals surface area contributed by atoms with E-state index in [9.17, 15) is 9.59 Å². The molecule has 2 aliphatic rings. The van der Waals surface area contributed by atoms with E-state index in [1.165, 1.54) is 0 Å². The number of allylic oxidation sites excluding steroid dienone is 2. The van der Waals surface area contributed by atoms with Gasteiger partial charge in [-0.25, -0.2) is 0 Å². The lowest BCUT2D eigenvalue weighted by molar-refractivity contribution is -0.148. The molecule has 1 heterocycles. The van der Waals surface area contributed by atoms with Crippen LogP contribution in [0.5, 0.6) is 5.75 Å². The van der Waals surface area contributed by atoms with Gasteiger partial charge in [-0.15, -0.1) is 0 Å². The van der Waals surface area contributed by atoms with Crippen molar-refractivity contribution in [1.82, 2.24) is 0 Å². The smallest absolute Gasteiger partial charge is 0.315 e. The predicted molar refractivity (Wildman–Crippen MR) is 163 cm³/mol. The molecular weight excluding hydrogens is 522 g/mol.